The van der Waals surface area contributed by atoms with E-state index >= 15 is 0 Å². The van der Waals surface area contributed by atoms with Gasteiger partial charge in [0.2, 0.25) is 0 Å². The number of benzene rings is 1. The van der Waals surface area contributed by atoms with Gasteiger partial charge >= 0.3 is 0 Å². The van der Waals surface area contributed by atoms with Crippen LogP contribution in [-0.2, 0) is 0 Å². The summed E-state index contributed by atoms with van der Waals surface area (Å²) in [5, 5.41) is 2.69. The summed E-state index contributed by atoms with van der Waals surface area (Å²) >= 11 is 0. The molecule has 98 valence electrons. The minimum absolute atomic E-state index is 0.736. The molecule has 0 N–H and O–H groups in total. The van der Waals surface area contributed by atoms with Gasteiger partial charge in [0.25, 0.3) is 0 Å². The highest BCUT2D eigenvalue weighted by molar-refractivity contribution is 5.85. The fourth-order valence-electron chi connectivity index (χ4n) is 4.17. The van der Waals surface area contributed by atoms with Crippen LogP contribution in [0.15, 0.2) is 36.7 Å². The number of hydrogen-bond acceptors (Lipinski definition) is 2. The Morgan fingerprint density at radius 2 is 1.89 bits per heavy atom. The Balaban J connectivity index is 1.75. The van der Waals surface area contributed by atoms with Crippen LogP contribution < -0.4 is 0 Å². The van der Waals surface area contributed by atoms with E-state index in [9.17, 15) is 0 Å². The van der Waals surface area contributed by atoms with Crippen molar-refractivity contribution in [2.75, 3.05) is 7.05 Å². The Morgan fingerprint density at radius 1 is 1.11 bits per heavy atom. The highest BCUT2D eigenvalue weighted by atomic mass is 15.2. The molecule has 0 amide bonds. The van der Waals surface area contributed by atoms with Gasteiger partial charge in [-0.25, -0.2) is 0 Å². The topological polar surface area (TPSA) is 16.1 Å². The fraction of sp³-hybridized carbons (Fsp3) is 0.471. The third-order valence-corrected chi connectivity index (χ3v) is 5.25. The summed E-state index contributed by atoms with van der Waals surface area (Å²) in [6.07, 6.45) is 9.36. The molecular formula is C17H20N2. The maximum Gasteiger partial charge on any atom is 0.0346 e. The monoisotopic (exact) mass is 252 g/mol. The third-order valence-electron chi connectivity index (χ3n) is 5.25. The molecule has 3 atom stereocenters. The smallest absolute Gasteiger partial charge is 0.0346 e. The van der Waals surface area contributed by atoms with Gasteiger partial charge < -0.3 is 4.90 Å². The van der Waals surface area contributed by atoms with E-state index in [1.54, 1.807) is 5.56 Å². The zero-order valence-corrected chi connectivity index (χ0v) is 11.4. The van der Waals surface area contributed by atoms with E-state index in [0.29, 0.717) is 0 Å². The van der Waals surface area contributed by atoms with Gasteiger partial charge in [0.1, 0.15) is 0 Å². The Hall–Kier alpha value is -1.41. The van der Waals surface area contributed by atoms with E-state index in [1.165, 1.54) is 36.5 Å². The number of rotatable bonds is 1. The summed E-state index contributed by atoms with van der Waals surface area (Å²) in [7, 11) is 2.31. The zero-order valence-electron chi connectivity index (χ0n) is 11.4. The van der Waals surface area contributed by atoms with Crippen molar-refractivity contribution < 1.29 is 0 Å². The van der Waals surface area contributed by atoms with E-state index in [2.05, 4.69) is 41.2 Å². The summed E-state index contributed by atoms with van der Waals surface area (Å²) in [5.41, 5.74) is 1.55. The molecule has 1 aromatic heterocycles. The predicted octanol–water partition coefficient (Wildman–Crippen LogP) is 3.58. The van der Waals surface area contributed by atoms with Crippen LogP contribution in [0.25, 0.3) is 10.8 Å². The molecule has 2 aromatic rings. The Kier molecular flexibility index (Phi) is 2.59. The molecule has 1 unspecified atom stereocenters. The fourth-order valence-corrected chi connectivity index (χ4v) is 4.17. The van der Waals surface area contributed by atoms with Crippen molar-refractivity contribution in [3.8, 4) is 0 Å². The van der Waals surface area contributed by atoms with Crippen molar-refractivity contribution in [3.05, 3.63) is 42.2 Å². The first kappa shape index (κ1) is 11.4. The Bertz CT molecular complexity index is 588. The second-order valence-corrected chi connectivity index (χ2v) is 6.16. The maximum atomic E-state index is 4.25. The van der Waals surface area contributed by atoms with Crippen LogP contribution in [0.4, 0.5) is 0 Å². The van der Waals surface area contributed by atoms with Crippen molar-refractivity contribution >= 4 is 10.8 Å². The highest BCUT2D eigenvalue weighted by Gasteiger charge is 2.39. The van der Waals surface area contributed by atoms with E-state index in [-0.39, 0.29) is 0 Å². The summed E-state index contributed by atoms with van der Waals surface area (Å²) in [6, 6.07) is 10.5. The molecule has 2 saturated heterocycles. The lowest BCUT2D eigenvalue weighted by Gasteiger charge is -2.37. The molecule has 2 fully saturated rings. The van der Waals surface area contributed by atoms with Crippen LogP contribution in [0.2, 0.25) is 0 Å². The van der Waals surface area contributed by atoms with Crippen molar-refractivity contribution in [3.63, 3.8) is 0 Å². The van der Waals surface area contributed by atoms with Crippen LogP contribution in [0, 0.1) is 0 Å². The summed E-state index contributed by atoms with van der Waals surface area (Å²) in [5.74, 6) is 0.736. The minimum atomic E-state index is 0.736. The standard InChI is InChI=1S/C17H20N2/c1-19-14-5-6-15(19)10-13(9-14)16-4-2-3-12-11-18-8-7-17(12)16/h2-4,7-8,11,13-15H,5-6,9-10H2,1H3/t13?,14-,15+. The van der Waals surface area contributed by atoms with E-state index in [1.807, 2.05) is 12.4 Å². The van der Waals surface area contributed by atoms with Gasteiger partial charge in [0.15, 0.2) is 0 Å². The van der Waals surface area contributed by atoms with Crippen molar-refractivity contribution in [2.45, 2.75) is 43.7 Å². The minimum Gasteiger partial charge on any atom is -0.300 e. The van der Waals surface area contributed by atoms with Gasteiger partial charge in [0.05, 0.1) is 0 Å². The number of nitrogens with zero attached hydrogens (tertiary/aromatic N) is 2. The van der Waals surface area contributed by atoms with Crippen LogP contribution in [0.5, 0.6) is 0 Å². The number of aromatic nitrogens is 1. The number of piperidine rings is 1. The van der Waals surface area contributed by atoms with Crippen molar-refractivity contribution in [2.24, 2.45) is 0 Å². The van der Waals surface area contributed by atoms with Gasteiger partial charge in [-0.2, -0.15) is 0 Å². The molecule has 3 heterocycles. The molecule has 0 radical (unpaired) electrons. The summed E-state index contributed by atoms with van der Waals surface area (Å²) in [6.45, 7) is 0. The molecule has 2 aliphatic rings. The summed E-state index contributed by atoms with van der Waals surface area (Å²) in [4.78, 5) is 6.86. The average molecular weight is 252 g/mol. The second kappa shape index (κ2) is 4.31. The molecule has 0 spiro atoms. The molecule has 1 aromatic carbocycles. The molecule has 2 bridgehead atoms. The van der Waals surface area contributed by atoms with Crippen LogP contribution in [-0.4, -0.2) is 29.0 Å². The molecular weight excluding hydrogens is 232 g/mol. The van der Waals surface area contributed by atoms with Gasteiger partial charge in [-0.3, -0.25) is 4.98 Å². The van der Waals surface area contributed by atoms with Crippen molar-refractivity contribution in [1.82, 2.24) is 9.88 Å². The molecule has 2 nitrogen and oxygen atoms in total. The first-order valence-corrected chi connectivity index (χ1v) is 7.37. The first-order chi connectivity index (χ1) is 9.33. The molecule has 4 rings (SSSR count). The average Bonchev–Trinajstić information content (AvgIpc) is 2.67. The Morgan fingerprint density at radius 3 is 2.68 bits per heavy atom. The molecule has 0 aliphatic carbocycles. The van der Waals surface area contributed by atoms with E-state index in [4.69, 9.17) is 0 Å². The lowest BCUT2D eigenvalue weighted by atomic mass is 9.83. The molecule has 2 heteroatoms. The lowest BCUT2D eigenvalue weighted by molar-refractivity contribution is 0.162. The summed E-state index contributed by atoms with van der Waals surface area (Å²) < 4.78 is 0. The lowest BCUT2D eigenvalue weighted by Crippen LogP contribution is -2.39. The highest BCUT2D eigenvalue weighted by Crippen LogP contribution is 2.43. The second-order valence-electron chi connectivity index (χ2n) is 6.16. The molecule has 2 aliphatic heterocycles. The molecule has 19 heavy (non-hydrogen) atoms. The predicted molar refractivity (Wildman–Crippen MR) is 78.3 cm³/mol. The number of fused-ring (bicyclic) bond motifs is 3. The van der Waals surface area contributed by atoms with Gasteiger partial charge in [-0.15, -0.1) is 0 Å². The van der Waals surface area contributed by atoms with Gasteiger partial charge in [-0.1, -0.05) is 18.2 Å². The van der Waals surface area contributed by atoms with Gasteiger partial charge in [-0.05, 0) is 55.7 Å². The number of pyridine rings is 1. The van der Waals surface area contributed by atoms with Crippen LogP contribution in [0.3, 0.4) is 0 Å². The quantitative estimate of drug-likeness (QED) is 0.771. The number of hydrogen-bond donors (Lipinski definition) is 0. The first-order valence-electron chi connectivity index (χ1n) is 7.37. The normalized spacial score (nSPS) is 30.9. The zero-order chi connectivity index (χ0) is 12.8. The molecule has 0 saturated carbocycles. The van der Waals surface area contributed by atoms with Gasteiger partial charge in [0, 0.05) is 29.9 Å². The van der Waals surface area contributed by atoms with Crippen LogP contribution >= 0.6 is 0 Å². The Labute approximate surface area is 114 Å². The third kappa shape index (κ3) is 1.78. The van der Waals surface area contributed by atoms with E-state index < -0.39 is 0 Å². The van der Waals surface area contributed by atoms with E-state index in [0.717, 1.165) is 18.0 Å². The maximum absolute atomic E-state index is 4.25. The largest absolute Gasteiger partial charge is 0.300 e. The van der Waals surface area contributed by atoms with Crippen LogP contribution in [0.1, 0.15) is 37.2 Å². The SMILES string of the molecule is CN1[C@@H]2CC[C@H]1CC(c1cccc3cnccc13)C2. The van der Waals surface area contributed by atoms with Crippen molar-refractivity contribution in [1.29, 1.82) is 0 Å².